The number of amides is 3. The average molecular weight is 380 g/mol. The molecule has 8 nitrogen and oxygen atoms in total. The summed E-state index contributed by atoms with van der Waals surface area (Å²) >= 11 is 0.763. The number of methoxy groups -OCH3 is 2. The van der Waals surface area contributed by atoms with Gasteiger partial charge in [0.15, 0.2) is 11.5 Å². The molecule has 1 aromatic carbocycles. The summed E-state index contributed by atoms with van der Waals surface area (Å²) in [6.45, 7) is 0.598. The number of carbonyl (C=O) groups is 3. The summed E-state index contributed by atoms with van der Waals surface area (Å²) in [7, 11) is 2.98. The van der Waals surface area contributed by atoms with Crippen LogP contribution in [0.2, 0.25) is 0 Å². The molecular weight excluding hydrogens is 360 g/mol. The van der Waals surface area contributed by atoms with E-state index in [9.17, 15) is 19.5 Å². The van der Waals surface area contributed by atoms with Gasteiger partial charge in [-0.1, -0.05) is 6.07 Å². The van der Waals surface area contributed by atoms with Gasteiger partial charge in [-0.2, -0.15) is 0 Å². The van der Waals surface area contributed by atoms with Crippen molar-refractivity contribution in [1.29, 1.82) is 0 Å². The quantitative estimate of drug-likeness (QED) is 0.521. The maximum atomic E-state index is 12.4. The van der Waals surface area contributed by atoms with Gasteiger partial charge < -0.3 is 19.9 Å². The van der Waals surface area contributed by atoms with Gasteiger partial charge in [0.2, 0.25) is 5.91 Å². The minimum absolute atomic E-state index is 0.0251. The number of imide groups is 1. The van der Waals surface area contributed by atoms with Crippen molar-refractivity contribution in [3.8, 4) is 11.5 Å². The zero-order valence-electron chi connectivity index (χ0n) is 14.5. The summed E-state index contributed by atoms with van der Waals surface area (Å²) < 4.78 is 9.90. The number of hydrogen-bond donors (Lipinski definition) is 2. The number of nitrogens with zero attached hydrogens (tertiary/aromatic N) is 1. The van der Waals surface area contributed by atoms with Crippen LogP contribution in [0.3, 0.4) is 0 Å². The summed E-state index contributed by atoms with van der Waals surface area (Å²) in [5.41, 5.74) is 0.592. The lowest BCUT2D eigenvalue weighted by atomic mass is 10.2. The molecule has 0 saturated carbocycles. The van der Waals surface area contributed by atoms with E-state index < -0.39 is 17.1 Å². The Hall–Kier alpha value is -2.52. The van der Waals surface area contributed by atoms with Crippen LogP contribution in [0.15, 0.2) is 23.1 Å². The van der Waals surface area contributed by atoms with Crippen LogP contribution in [-0.2, 0) is 14.3 Å². The molecule has 1 aromatic rings. The highest BCUT2D eigenvalue weighted by atomic mass is 32.2. The molecule has 0 atom stereocenters. The van der Waals surface area contributed by atoms with Gasteiger partial charge in [0, 0.05) is 20.3 Å². The molecule has 2 N–H and O–H groups in total. The first kappa shape index (κ1) is 19.8. The van der Waals surface area contributed by atoms with E-state index in [1.54, 1.807) is 19.2 Å². The summed E-state index contributed by atoms with van der Waals surface area (Å²) in [5, 5.41) is 11.7. The number of phenolic OH excluding ortho intramolecular Hbond substituents is 1. The Morgan fingerprint density at radius 3 is 2.81 bits per heavy atom. The van der Waals surface area contributed by atoms with Crippen molar-refractivity contribution >= 4 is 34.9 Å². The van der Waals surface area contributed by atoms with E-state index in [-0.39, 0.29) is 22.9 Å². The van der Waals surface area contributed by atoms with Gasteiger partial charge in [-0.15, -0.1) is 0 Å². The van der Waals surface area contributed by atoms with Gasteiger partial charge in [-0.05, 0) is 42.0 Å². The van der Waals surface area contributed by atoms with Crippen molar-refractivity contribution in [3.05, 3.63) is 28.7 Å². The molecule has 3 amide bonds. The average Bonchev–Trinajstić information content (AvgIpc) is 2.88. The molecule has 0 radical (unpaired) electrons. The minimum Gasteiger partial charge on any atom is -0.504 e. The third kappa shape index (κ3) is 4.99. The molecule has 140 valence electrons. The van der Waals surface area contributed by atoms with Crippen molar-refractivity contribution in [3.63, 3.8) is 0 Å². The van der Waals surface area contributed by atoms with Gasteiger partial charge in [-0.25, -0.2) is 0 Å². The molecule has 0 aliphatic carbocycles. The van der Waals surface area contributed by atoms with Crippen LogP contribution in [0.25, 0.3) is 6.08 Å². The first-order chi connectivity index (χ1) is 12.5. The third-order valence-electron chi connectivity index (χ3n) is 3.52. The highest BCUT2D eigenvalue weighted by molar-refractivity contribution is 8.18. The van der Waals surface area contributed by atoms with Gasteiger partial charge in [0.1, 0.15) is 6.54 Å². The van der Waals surface area contributed by atoms with Gasteiger partial charge >= 0.3 is 0 Å². The largest absolute Gasteiger partial charge is 0.504 e. The van der Waals surface area contributed by atoms with Crippen molar-refractivity contribution in [2.24, 2.45) is 0 Å². The second kappa shape index (κ2) is 9.25. The number of ether oxygens (including phenoxy) is 2. The van der Waals surface area contributed by atoms with E-state index in [1.807, 2.05) is 0 Å². The second-order valence-corrected chi connectivity index (χ2v) is 6.39. The lowest BCUT2D eigenvalue weighted by molar-refractivity contribution is -0.129. The number of aromatic hydroxyl groups is 1. The van der Waals surface area contributed by atoms with Crippen LogP contribution < -0.4 is 10.1 Å². The fraction of sp³-hybridized carbons (Fsp3) is 0.353. The Morgan fingerprint density at radius 1 is 1.35 bits per heavy atom. The van der Waals surface area contributed by atoms with E-state index in [2.05, 4.69) is 5.32 Å². The Kier molecular flexibility index (Phi) is 7.05. The van der Waals surface area contributed by atoms with Crippen molar-refractivity contribution in [2.45, 2.75) is 6.42 Å². The van der Waals surface area contributed by atoms with Gasteiger partial charge in [-0.3, -0.25) is 19.3 Å². The molecular formula is C17H20N2O6S. The number of benzene rings is 1. The monoisotopic (exact) mass is 380 g/mol. The molecule has 1 fully saturated rings. The predicted molar refractivity (Wildman–Crippen MR) is 96.8 cm³/mol. The number of carbonyl (C=O) groups excluding carboxylic acids is 3. The second-order valence-electron chi connectivity index (χ2n) is 5.40. The zero-order chi connectivity index (χ0) is 19.1. The molecule has 0 spiro atoms. The van der Waals surface area contributed by atoms with Crippen molar-refractivity contribution in [1.82, 2.24) is 10.2 Å². The van der Waals surface area contributed by atoms with E-state index in [0.717, 1.165) is 16.7 Å². The fourth-order valence-electron chi connectivity index (χ4n) is 2.22. The van der Waals surface area contributed by atoms with Crippen LogP contribution in [0.1, 0.15) is 12.0 Å². The first-order valence-corrected chi connectivity index (χ1v) is 8.66. The van der Waals surface area contributed by atoms with E-state index >= 15 is 0 Å². The summed E-state index contributed by atoms with van der Waals surface area (Å²) in [4.78, 5) is 37.4. The minimum atomic E-state index is -0.529. The maximum absolute atomic E-state index is 12.4. The molecule has 2 rings (SSSR count). The molecule has 0 bridgehead atoms. The molecule has 1 heterocycles. The first-order valence-electron chi connectivity index (χ1n) is 7.84. The van der Waals surface area contributed by atoms with Crippen LogP contribution in [-0.4, -0.2) is 61.0 Å². The summed E-state index contributed by atoms with van der Waals surface area (Å²) in [6, 6.07) is 4.57. The van der Waals surface area contributed by atoms with Crippen LogP contribution in [0, 0.1) is 0 Å². The lowest BCUT2D eigenvalue weighted by Crippen LogP contribution is -2.39. The SMILES string of the molecule is COCCCNC(=O)CN1C(=O)S/C(=C\c2ccc(O)c(OC)c2)C1=O. The normalized spacial score (nSPS) is 15.6. The van der Waals surface area contributed by atoms with E-state index in [4.69, 9.17) is 9.47 Å². The lowest BCUT2D eigenvalue weighted by Gasteiger charge is -2.12. The standard InChI is InChI=1S/C17H20N2O6S/c1-24-7-3-6-18-15(21)10-19-16(22)14(26-17(19)23)9-11-4-5-12(20)13(8-11)25-2/h4-5,8-9,20H,3,6-7,10H2,1-2H3,(H,18,21)/b14-9-. The Balaban J connectivity index is 2.02. The number of phenols is 1. The highest BCUT2D eigenvalue weighted by Gasteiger charge is 2.36. The maximum Gasteiger partial charge on any atom is 0.294 e. The number of rotatable bonds is 8. The molecule has 26 heavy (non-hydrogen) atoms. The number of hydrogen-bond acceptors (Lipinski definition) is 7. The predicted octanol–water partition coefficient (Wildman–Crippen LogP) is 1.59. The summed E-state index contributed by atoms with van der Waals surface area (Å²) in [5.74, 6) is -0.702. The zero-order valence-corrected chi connectivity index (χ0v) is 15.3. The Labute approximate surface area is 155 Å². The molecule has 9 heteroatoms. The van der Waals surface area contributed by atoms with Crippen LogP contribution >= 0.6 is 11.8 Å². The van der Waals surface area contributed by atoms with Crippen LogP contribution in [0.5, 0.6) is 11.5 Å². The molecule has 0 aromatic heterocycles. The van der Waals surface area contributed by atoms with Gasteiger partial charge in [0.25, 0.3) is 11.1 Å². The summed E-state index contributed by atoms with van der Waals surface area (Å²) in [6.07, 6.45) is 2.16. The smallest absolute Gasteiger partial charge is 0.294 e. The van der Waals surface area contributed by atoms with E-state index in [0.29, 0.717) is 25.1 Å². The Morgan fingerprint density at radius 2 is 2.12 bits per heavy atom. The number of thioether (sulfide) groups is 1. The van der Waals surface area contributed by atoms with Crippen molar-refractivity contribution in [2.75, 3.05) is 33.9 Å². The van der Waals surface area contributed by atoms with E-state index in [1.165, 1.54) is 19.3 Å². The van der Waals surface area contributed by atoms with Gasteiger partial charge in [0.05, 0.1) is 12.0 Å². The number of nitrogens with one attached hydrogen (secondary N) is 1. The third-order valence-corrected chi connectivity index (χ3v) is 4.43. The van der Waals surface area contributed by atoms with Crippen LogP contribution in [0.4, 0.5) is 4.79 Å². The fourth-order valence-corrected chi connectivity index (χ4v) is 3.05. The molecule has 1 aliphatic heterocycles. The molecule has 0 unspecified atom stereocenters. The Bertz CT molecular complexity index is 734. The van der Waals surface area contributed by atoms with Crippen molar-refractivity contribution < 1.29 is 29.0 Å². The highest BCUT2D eigenvalue weighted by Crippen LogP contribution is 2.33. The molecule has 1 saturated heterocycles. The molecule has 1 aliphatic rings. The topological polar surface area (TPSA) is 105 Å².